The highest BCUT2D eigenvalue weighted by molar-refractivity contribution is 5.38. The lowest BCUT2D eigenvalue weighted by molar-refractivity contribution is 0.381. The molecule has 0 fully saturated rings. The maximum Gasteiger partial charge on any atom is 0.170 e. The minimum atomic E-state index is -0.581. The Kier molecular flexibility index (Phi) is 5.22. The number of halogens is 2. The molecule has 1 unspecified atom stereocenters. The molecule has 0 saturated carbocycles. The number of rotatable bonds is 6. The summed E-state index contributed by atoms with van der Waals surface area (Å²) >= 11 is 0. The zero-order valence-electron chi connectivity index (χ0n) is 12.1. The topological polar surface area (TPSA) is 34.2 Å². The Morgan fingerprint density at radius 2 is 2.05 bits per heavy atom. The van der Waals surface area contributed by atoms with Gasteiger partial charge in [0.15, 0.2) is 11.6 Å². The lowest BCUT2D eigenvalue weighted by Crippen LogP contribution is -2.25. The Labute approximate surface area is 123 Å². The van der Waals surface area contributed by atoms with E-state index in [0.717, 1.165) is 12.6 Å². The third-order valence-electron chi connectivity index (χ3n) is 3.24. The Bertz CT molecular complexity index is 605. The van der Waals surface area contributed by atoms with Gasteiger partial charge in [0.1, 0.15) is 5.82 Å². The van der Waals surface area contributed by atoms with E-state index in [-0.39, 0.29) is 5.75 Å². The van der Waals surface area contributed by atoms with Gasteiger partial charge in [-0.15, -0.1) is 0 Å². The number of ether oxygens (including phenoxy) is 1. The number of benzene rings is 1. The van der Waals surface area contributed by atoms with Crippen LogP contribution >= 0.6 is 0 Å². The molecule has 0 bridgehead atoms. The summed E-state index contributed by atoms with van der Waals surface area (Å²) in [6, 6.07) is 5.84. The lowest BCUT2D eigenvalue weighted by atomic mass is 9.98. The fourth-order valence-corrected chi connectivity index (χ4v) is 2.20. The molecule has 1 aromatic carbocycles. The van der Waals surface area contributed by atoms with Gasteiger partial charge in [0, 0.05) is 17.3 Å². The van der Waals surface area contributed by atoms with Crippen molar-refractivity contribution in [3.63, 3.8) is 0 Å². The van der Waals surface area contributed by atoms with Gasteiger partial charge in [0.2, 0.25) is 0 Å². The van der Waals surface area contributed by atoms with Crippen LogP contribution in [0.4, 0.5) is 8.78 Å². The number of methoxy groups -OCH3 is 1. The fraction of sp³-hybridized carbons (Fsp3) is 0.312. The molecule has 1 aromatic heterocycles. The highest BCUT2D eigenvalue weighted by Crippen LogP contribution is 2.30. The van der Waals surface area contributed by atoms with Gasteiger partial charge in [-0.3, -0.25) is 4.98 Å². The van der Waals surface area contributed by atoms with Crippen LogP contribution < -0.4 is 10.1 Å². The van der Waals surface area contributed by atoms with Crippen LogP contribution in [0.5, 0.6) is 5.75 Å². The predicted octanol–water partition coefficient (Wildman–Crippen LogP) is 3.46. The Hall–Kier alpha value is -2.01. The SMILES string of the molecule is CCCNC(c1ccncc1F)c1cccc(OC)c1F. The van der Waals surface area contributed by atoms with E-state index >= 15 is 0 Å². The number of pyridine rings is 1. The van der Waals surface area contributed by atoms with Gasteiger partial charge < -0.3 is 10.1 Å². The molecule has 21 heavy (non-hydrogen) atoms. The highest BCUT2D eigenvalue weighted by atomic mass is 19.1. The van der Waals surface area contributed by atoms with Gasteiger partial charge in [-0.25, -0.2) is 8.78 Å². The highest BCUT2D eigenvalue weighted by Gasteiger charge is 2.22. The third-order valence-corrected chi connectivity index (χ3v) is 3.24. The normalized spacial score (nSPS) is 12.2. The second-order valence-corrected chi connectivity index (χ2v) is 4.65. The second kappa shape index (κ2) is 7.13. The fourth-order valence-electron chi connectivity index (χ4n) is 2.20. The molecule has 112 valence electrons. The summed E-state index contributed by atoms with van der Waals surface area (Å²) in [5.74, 6) is -0.802. The van der Waals surface area contributed by atoms with Crippen LogP contribution in [0.25, 0.3) is 0 Å². The molecule has 0 saturated heterocycles. The molecule has 0 aliphatic carbocycles. The summed E-state index contributed by atoms with van der Waals surface area (Å²) in [5.41, 5.74) is 0.721. The van der Waals surface area contributed by atoms with Crippen LogP contribution in [0.3, 0.4) is 0 Å². The standard InChI is InChI=1S/C16H18F2N2O/c1-3-8-20-16(11-7-9-19-10-13(11)17)12-5-4-6-14(21-2)15(12)18/h4-7,9-10,16,20H,3,8H2,1-2H3. The first-order valence-electron chi connectivity index (χ1n) is 6.84. The zero-order chi connectivity index (χ0) is 15.2. The summed E-state index contributed by atoms with van der Waals surface area (Å²) in [6.07, 6.45) is 3.49. The van der Waals surface area contributed by atoms with Gasteiger partial charge in [-0.05, 0) is 25.1 Å². The van der Waals surface area contributed by atoms with Crippen molar-refractivity contribution in [1.29, 1.82) is 0 Å². The first-order valence-corrected chi connectivity index (χ1v) is 6.84. The van der Waals surface area contributed by atoms with Crippen molar-refractivity contribution in [3.05, 3.63) is 59.4 Å². The van der Waals surface area contributed by atoms with Crippen molar-refractivity contribution in [2.24, 2.45) is 0 Å². The van der Waals surface area contributed by atoms with Gasteiger partial charge in [-0.2, -0.15) is 0 Å². The van der Waals surface area contributed by atoms with E-state index < -0.39 is 17.7 Å². The number of hydrogen-bond donors (Lipinski definition) is 1. The van der Waals surface area contributed by atoms with Crippen LogP contribution in [-0.2, 0) is 0 Å². The van der Waals surface area contributed by atoms with E-state index in [4.69, 9.17) is 4.74 Å². The van der Waals surface area contributed by atoms with Gasteiger partial charge >= 0.3 is 0 Å². The molecule has 2 aromatic rings. The van der Waals surface area contributed by atoms with Crippen molar-refractivity contribution in [3.8, 4) is 5.75 Å². The quantitative estimate of drug-likeness (QED) is 0.885. The van der Waals surface area contributed by atoms with E-state index in [9.17, 15) is 8.78 Å². The summed E-state index contributed by atoms with van der Waals surface area (Å²) in [5, 5.41) is 3.17. The first kappa shape index (κ1) is 15.4. The van der Waals surface area contributed by atoms with Crippen molar-refractivity contribution < 1.29 is 13.5 Å². The summed E-state index contributed by atoms with van der Waals surface area (Å²) < 4.78 is 33.5. The molecule has 0 amide bonds. The zero-order valence-corrected chi connectivity index (χ0v) is 12.1. The molecule has 1 atom stereocenters. The van der Waals surface area contributed by atoms with E-state index in [2.05, 4.69) is 10.3 Å². The minimum absolute atomic E-state index is 0.144. The molecule has 5 heteroatoms. The van der Waals surface area contributed by atoms with Crippen LogP contribution in [0.15, 0.2) is 36.7 Å². The third kappa shape index (κ3) is 3.36. The monoisotopic (exact) mass is 292 g/mol. The molecule has 2 rings (SSSR count). The maximum absolute atomic E-state index is 14.5. The Balaban J connectivity index is 2.48. The molecule has 1 heterocycles. The van der Waals surface area contributed by atoms with Crippen molar-refractivity contribution in [1.82, 2.24) is 10.3 Å². The first-order chi connectivity index (χ1) is 10.2. The van der Waals surface area contributed by atoms with Crippen LogP contribution in [0, 0.1) is 11.6 Å². The average Bonchev–Trinajstić information content (AvgIpc) is 2.50. The molecular formula is C16H18F2N2O. The van der Waals surface area contributed by atoms with Crippen LogP contribution in [0.2, 0.25) is 0 Å². The summed E-state index contributed by atoms with van der Waals surface area (Å²) in [4.78, 5) is 3.74. The van der Waals surface area contributed by atoms with Crippen LogP contribution in [0.1, 0.15) is 30.5 Å². The average molecular weight is 292 g/mol. The smallest absolute Gasteiger partial charge is 0.170 e. The molecule has 1 N–H and O–H groups in total. The van der Waals surface area contributed by atoms with Crippen molar-refractivity contribution >= 4 is 0 Å². The van der Waals surface area contributed by atoms with E-state index in [1.807, 2.05) is 6.92 Å². The largest absolute Gasteiger partial charge is 0.494 e. The number of aromatic nitrogens is 1. The number of nitrogens with zero attached hydrogens (tertiary/aromatic N) is 1. The van der Waals surface area contributed by atoms with Crippen LogP contribution in [-0.4, -0.2) is 18.6 Å². The molecule has 0 aliphatic rings. The van der Waals surface area contributed by atoms with Gasteiger partial charge in [0.05, 0.1) is 19.3 Å². The second-order valence-electron chi connectivity index (χ2n) is 4.65. The number of hydrogen-bond acceptors (Lipinski definition) is 3. The molecule has 3 nitrogen and oxygen atoms in total. The summed E-state index contributed by atoms with van der Waals surface area (Å²) in [6.45, 7) is 2.64. The minimum Gasteiger partial charge on any atom is -0.494 e. The Morgan fingerprint density at radius 1 is 1.24 bits per heavy atom. The molecule has 0 spiro atoms. The van der Waals surface area contributed by atoms with E-state index in [1.165, 1.54) is 13.3 Å². The van der Waals surface area contributed by atoms with E-state index in [1.54, 1.807) is 24.3 Å². The van der Waals surface area contributed by atoms with Gasteiger partial charge in [-0.1, -0.05) is 19.1 Å². The van der Waals surface area contributed by atoms with Crippen molar-refractivity contribution in [2.75, 3.05) is 13.7 Å². The molecular weight excluding hydrogens is 274 g/mol. The molecule has 0 radical (unpaired) electrons. The lowest BCUT2D eigenvalue weighted by Gasteiger charge is -2.21. The van der Waals surface area contributed by atoms with Gasteiger partial charge in [0.25, 0.3) is 0 Å². The van der Waals surface area contributed by atoms with E-state index in [0.29, 0.717) is 17.7 Å². The Morgan fingerprint density at radius 3 is 2.71 bits per heavy atom. The maximum atomic E-state index is 14.5. The molecule has 0 aliphatic heterocycles. The van der Waals surface area contributed by atoms with Crippen molar-refractivity contribution in [2.45, 2.75) is 19.4 Å². The number of nitrogens with one attached hydrogen (secondary N) is 1. The summed E-state index contributed by atoms with van der Waals surface area (Å²) in [7, 11) is 1.41. The predicted molar refractivity (Wildman–Crippen MR) is 77.3 cm³/mol.